The van der Waals surface area contributed by atoms with Crippen molar-refractivity contribution in [3.8, 4) is 0 Å². The summed E-state index contributed by atoms with van der Waals surface area (Å²) in [4.78, 5) is 23.7. The Balaban J connectivity index is 2.43. The molecule has 0 unspecified atom stereocenters. The van der Waals surface area contributed by atoms with Crippen LogP contribution in [0.2, 0.25) is 0 Å². The molecule has 1 aliphatic carbocycles. The molecule has 0 fully saturated rings. The maximum atomic E-state index is 12.1. The quantitative estimate of drug-likeness (QED) is 0.308. The first kappa shape index (κ1) is 27.0. The Bertz CT molecular complexity index is 799. The SMILES string of the molecule is CC(C)=CCC[C@](C)(O)[C@@H](O)CC/C(C)=C/CC/C(C)=C/CC1=CC(=O)C=C(C)C1=O. The topological polar surface area (TPSA) is 74.6 Å². The molecule has 1 aliphatic rings. The van der Waals surface area contributed by atoms with Gasteiger partial charge in [-0.05, 0) is 98.6 Å². The third-order valence-electron chi connectivity index (χ3n) is 5.76. The Morgan fingerprint density at radius 2 is 1.65 bits per heavy atom. The number of hydrogen-bond acceptors (Lipinski definition) is 4. The molecule has 4 nitrogen and oxygen atoms in total. The number of hydrogen-bond donors (Lipinski definition) is 2. The smallest absolute Gasteiger partial charge is 0.185 e. The van der Waals surface area contributed by atoms with Crippen molar-refractivity contribution in [3.63, 3.8) is 0 Å². The first-order chi connectivity index (χ1) is 14.4. The lowest BCUT2D eigenvalue weighted by Gasteiger charge is -2.29. The fourth-order valence-corrected chi connectivity index (χ4v) is 3.49. The highest BCUT2D eigenvalue weighted by Gasteiger charge is 2.29. The number of aliphatic hydroxyl groups is 2. The standard InChI is InChI=1S/C27H40O4/c1-19(2)9-8-16-27(6,31)25(29)15-13-21(4)11-7-10-20(3)12-14-23-18-24(28)17-22(5)26(23)30/h9,11-12,17-18,25,29,31H,7-8,10,13-16H2,1-6H3/b20-12+,21-11+/t25-,27-/m0/s1. The third-order valence-corrected chi connectivity index (χ3v) is 5.76. The van der Waals surface area contributed by atoms with E-state index < -0.39 is 11.7 Å². The highest BCUT2D eigenvalue weighted by atomic mass is 16.3. The molecule has 0 aromatic carbocycles. The van der Waals surface area contributed by atoms with E-state index in [0.717, 1.165) is 25.7 Å². The van der Waals surface area contributed by atoms with E-state index in [1.165, 1.54) is 28.9 Å². The molecule has 0 aromatic rings. The molecule has 0 bridgehead atoms. The zero-order valence-corrected chi connectivity index (χ0v) is 20.1. The Labute approximate surface area is 188 Å². The van der Waals surface area contributed by atoms with E-state index in [1.807, 2.05) is 26.8 Å². The van der Waals surface area contributed by atoms with Crippen LogP contribution in [0.15, 0.2) is 58.2 Å². The lowest BCUT2D eigenvalue weighted by Crippen LogP contribution is -2.39. The van der Waals surface area contributed by atoms with Crippen molar-refractivity contribution in [2.24, 2.45) is 0 Å². The van der Waals surface area contributed by atoms with Crippen molar-refractivity contribution >= 4 is 11.6 Å². The second kappa shape index (κ2) is 12.7. The molecule has 0 aliphatic heterocycles. The van der Waals surface area contributed by atoms with Crippen molar-refractivity contribution in [2.75, 3.05) is 0 Å². The first-order valence-electron chi connectivity index (χ1n) is 11.2. The maximum Gasteiger partial charge on any atom is 0.185 e. The predicted molar refractivity (Wildman–Crippen MR) is 128 cm³/mol. The van der Waals surface area contributed by atoms with Gasteiger partial charge in [-0.25, -0.2) is 0 Å². The third kappa shape index (κ3) is 10.2. The summed E-state index contributed by atoms with van der Waals surface area (Å²) in [5, 5.41) is 20.9. The molecule has 2 N–H and O–H groups in total. The average Bonchev–Trinajstić information content (AvgIpc) is 2.67. The van der Waals surface area contributed by atoms with Gasteiger partial charge in [0, 0.05) is 11.1 Å². The summed E-state index contributed by atoms with van der Waals surface area (Å²) in [6.07, 6.45) is 13.2. The molecule has 0 amide bonds. The van der Waals surface area contributed by atoms with E-state index in [0.29, 0.717) is 30.4 Å². The van der Waals surface area contributed by atoms with E-state index in [2.05, 4.69) is 19.1 Å². The van der Waals surface area contributed by atoms with Crippen molar-refractivity contribution in [2.45, 2.75) is 98.2 Å². The van der Waals surface area contributed by atoms with Crippen LogP contribution < -0.4 is 0 Å². The lowest BCUT2D eigenvalue weighted by molar-refractivity contribution is -0.115. The van der Waals surface area contributed by atoms with E-state index in [4.69, 9.17) is 0 Å². The van der Waals surface area contributed by atoms with Gasteiger partial charge in [-0.1, -0.05) is 34.9 Å². The van der Waals surface area contributed by atoms with Gasteiger partial charge in [0.05, 0.1) is 11.7 Å². The minimum Gasteiger partial charge on any atom is -0.390 e. The van der Waals surface area contributed by atoms with Crippen LogP contribution in [0.5, 0.6) is 0 Å². The maximum absolute atomic E-state index is 12.1. The fourth-order valence-electron chi connectivity index (χ4n) is 3.49. The number of rotatable bonds is 12. The molecule has 0 heterocycles. The molecule has 4 heteroatoms. The number of Topliss-reactive ketones (excluding diaryl/α,β-unsaturated/α-hetero) is 1. The van der Waals surface area contributed by atoms with Crippen LogP contribution in [-0.2, 0) is 9.59 Å². The van der Waals surface area contributed by atoms with E-state index in [1.54, 1.807) is 13.8 Å². The van der Waals surface area contributed by atoms with Gasteiger partial charge in [-0.2, -0.15) is 0 Å². The first-order valence-corrected chi connectivity index (χ1v) is 11.2. The molecule has 0 saturated heterocycles. The minimum atomic E-state index is -1.08. The number of aliphatic hydroxyl groups excluding tert-OH is 1. The van der Waals surface area contributed by atoms with E-state index in [9.17, 15) is 19.8 Å². The van der Waals surface area contributed by atoms with Gasteiger partial charge in [-0.3, -0.25) is 9.59 Å². The zero-order valence-electron chi connectivity index (χ0n) is 20.1. The number of ketones is 2. The summed E-state index contributed by atoms with van der Waals surface area (Å²) < 4.78 is 0. The molecule has 0 aromatic heterocycles. The van der Waals surface area contributed by atoms with E-state index >= 15 is 0 Å². The molecule has 172 valence electrons. The zero-order chi connectivity index (χ0) is 23.6. The van der Waals surface area contributed by atoms with Crippen LogP contribution in [0.1, 0.15) is 86.5 Å². The molecule has 2 atom stereocenters. The number of carbonyl (C=O) groups is 2. The molecule has 1 rings (SSSR count). The normalized spacial score (nSPS) is 18.3. The van der Waals surface area contributed by atoms with Crippen LogP contribution in [0.4, 0.5) is 0 Å². The summed E-state index contributed by atoms with van der Waals surface area (Å²) in [6, 6.07) is 0. The number of allylic oxidation sites excluding steroid dienone is 10. The predicted octanol–water partition coefficient (Wildman–Crippen LogP) is 5.71. The van der Waals surface area contributed by atoms with Gasteiger partial charge < -0.3 is 10.2 Å². The summed E-state index contributed by atoms with van der Waals surface area (Å²) in [5.74, 6) is -0.162. The van der Waals surface area contributed by atoms with Gasteiger partial charge in [0.15, 0.2) is 11.6 Å². The monoisotopic (exact) mass is 428 g/mol. The molecular weight excluding hydrogens is 388 g/mol. The van der Waals surface area contributed by atoms with Gasteiger partial charge in [-0.15, -0.1) is 0 Å². The van der Waals surface area contributed by atoms with Crippen molar-refractivity contribution < 1.29 is 19.8 Å². The molecule has 31 heavy (non-hydrogen) atoms. The summed E-state index contributed by atoms with van der Waals surface area (Å²) in [7, 11) is 0. The highest BCUT2D eigenvalue weighted by molar-refractivity contribution is 6.20. The molecule has 0 saturated carbocycles. The fraction of sp³-hybridized carbons (Fsp3) is 0.556. The number of carbonyl (C=O) groups excluding carboxylic acids is 2. The lowest BCUT2D eigenvalue weighted by atomic mass is 9.89. The second-order valence-electron chi connectivity index (χ2n) is 9.30. The molecule has 0 spiro atoms. The summed E-state index contributed by atoms with van der Waals surface area (Å²) in [5.41, 5.74) is 3.58. The Morgan fingerprint density at radius 3 is 2.29 bits per heavy atom. The summed E-state index contributed by atoms with van der Waals surface area (Å²) in [6.45, 7) is 11.5. The van der Waals surface area contributed by atoms with Crippen molar-refractivity contribution in [3.05, 3.63) is 58.2 Å². The van der Waals surface area contributed by atoms with Crippen LogP contribution in [0, 0.1) is 0 Å². The van der Waals surface area contributed by atoms with Crippen LogP contribution in [-0.4, -0.2) is 33.5 Å². The van der Waals surface area contributed by atoms with Gasteiger partial charge in [0.2, 0.25) is 0 Å². The van der Waals surface area contributed by atoms with E-state index in [-0.39, 0.29) is 11.6 Å². The van der Waals surface area contributed by atoms with Crippen molar-refractivity contribution in [1.29, 1.82) is 0 Å². The van der Waals surface area contributed by atoms with Gasteiger partial charge in [0.1, 0.15) is 0 Å². The highest BCUT2D eigenvalue weighted by Crippen LogP contribution is 2.23. The Morgan fingerprint density at radius 1 is 1.00 bits per heavy atom. The minimum absolute atomic E-state index is 0.0466. The Hall–Kier alpha value is -2.04. The van der Waals surface area contributed by atoms with Crippen molar-refractivity contribution in [1.82, 2.24) is 0 Å². The molecular formula is C27H40O4. The van der Waals surface area contributed by atoms with Crippen LogP contribution in [0.25, 0.3) is 0 Å². The Kier molecular flexibility index (Phi) is 11.1. The summed E-state index contributed by atoms with van der Waals surface area (Å²) >= 11 is 0. The van der Waals surface area contributed by atoms with Crippen LogP contribution in [0.3, 0.4) is 0 Å². The molecule has 0 radical (unpaired) electrons. The van der Waals surface area contributed by atoms with Gasteiger partial charge >= 0.3 is 0 Å². The van der Waals surface area contributed by atoms with Gasteiger partial charge in [0.25, 0.3) is 0 Å². The van der Waals surface area contributed by atoms with Crippen LogP contribution >= 0.6 is 0 Å². The second-order valence-corrected chi connectivity index (χ2v) is 9.30. The largest absolute Gasteiger partial charge is 0.390 e. The average molecular weight is 429 g/mol.